The van der Waals surface area contributed by atoms with Crippen molar-refractivity contribution in [1.29, 1.82) is 0 Å². The molecule has 0 saturated heterocycles. The topological polar surface area (TPSA) is 89.3 Å². The molecule has 0 aromatic heterocycles. The average Bonchev–Trinajstić information content (AvgIpc) is 2.29. The van der Waals surface area contributed by atoms with Gasteiger partial charge in [0, 0.05) is 11.9 Å². The zero-order valence-corrected chi connectivity index (χ0v) is 11.8. The van der Waals surface area contributed by atoms with E-state index in [1.165, 1.54) is 12.1 Å². The highest BCUT2D eigenvalue weighted by molar-refractivity contribution is 7.90. The molecule has 0 radical (unpaired) electrons. The molecular weight excluding hydrogens is 295 g/mol. The van der Waals surface area contributed by atoms with E-state index in [1.807, 2.05) is 0 Å². The van der Waals surface area contributed by atoms with E-state index in [9.17, 15) is 17.6 Å². The van der Waals surface area contributed by atoms with E-state index in [1.54, 1.807) is 0 Å². The lowest BCUT2D eigenvalue weighted by atomic mass is 10.2. The predicted octanol–water partition coefficient (Wildman–Crippen LogP) is 1.18. The van der Waals surface area contributed by atoms with Crippen LogP contribution in [0.3, 0.4) is 0 Å². The van der Waals surface area contributed by atoms with E-state index in [0.29, 0.717) is 5.69 Å². The summed E-state index contributed by atoms with van der Waals surface area (Å²) in [6, 6.07) is 2.74. The highest BCUT2D eigenvalue weighted by atomic mass is 35.5. The molecule has 1 rings (SSSR count). The van der Waals surface area contributed by atoms with Crippen molar-refractivity contribution in [3.05, 3.63) is 29.0 Å². The fourth-order valence-electron chi connectivity index (χ4n) is 1.28. The average molecular weight is 309 g/mol. The first kappa shape index (κ1) is 15.9. The molecule has 1 unspecified atom stereocenters. The molecule has 0 aliphatic heterocycles. The molecule has 1 atom stereocenters. The van der Waals surface area contributed by atoms with Gasteiger partial charge in [0.05, 0.1) is 16.8 Å². The summed E-state index contributed by atoms with van der Waals surface area (Å²) in [6.07, 6.45) is 1.08. The third kappa shape index (κ3) is 5.54. The van der Waals surface area contributed by atoms with Crippen molar-refractivity contribution in [3.8, 4) is 0 Å². The second-order valence-electron chi connectivity index (χ2n) is 4.14. The van der Waals surface area contributed by atoms with Gasteiger partial charge >= 0.3 is 0 Å². The van der Waals surface area contributed by atoms with Crippen LogP contribution < -0.4 is 11.1 Å². The Balaban J connectivity index is 2.61. The Morgan fingerprint density at radius 1 is 1.53 bits per heavy atom. The van der Waals surface area contributed by atoms with Crippen LogP contribution in [-0.2, 0) is 14.6 Å². The predicted molar refractivity (Wildman–Crippen MR) is 72.3 cm³/mol. The summed E-state index contributed by atoms with van der Waals surface area (Å²) in [5.41, 5.74) is 5.85. The van der Waals surface area contributed by atoms with Crippen LogP contribution >= 0.6 is 11.6 Å². The quantitative estimate of drug-likeness (QED) is 0.855. The molecule has 0 bridgehead atoms. The van der Waals surface area contributed by atoms with Crippen LogP contribution in [0.1, 0.15) is 6.42 Å². The number of hydrogen-bond donors (Lipinski definition) is 2. The second-order valence-corrected chi connectivity index (χ2v) is 6.81. The van der Waals surface area contributed by atoms with Gasteiger partial charge in [-0.05, 0) is 24.6 Å². The summed E-state index contributed by atoms with van der Waals surface area (Å²) in [5.74, 6) is -1.32. The normalized spacial score (nSPS) is 13.1. The van der Waals surface area contributed by atoms with Crippen molar-refractivity contribution < 1.29 is 17.6 Å². The molecule has 19 heavy (non-hydrogen) atoms. The highest BCUT2D eigenvalue weighted by Crippen LogP contribution is 2.19. The lowest BCUT2D eigenvalue weighted by Crippen LogP contribution is -2.37. The number of hydrogen-bond acceptors (Lipinski definition) is 4. The van der Waals surface area contributed by atoms with Gasteiger partial charge in [-0.2, -0.15) is 0 Å². The van der Waals surface area contributed by atoms with E-state index < -0.39 is 27.6 Å². The number of benzene rings is 1. The van der Waals surface area contributed by atoms with Gasteiger partial charge in [0.15, 0.2) is 0 Å². The number of halogens is 2. The highest BCUT2D eigenvalue weighted by Gasteiger charge is 2.16. The van der Waals surface area contributed by atoms with E-state index >= 15 is 0 Å². The Bertz CT molecular complexity index is 577. The van der Waals surface area contributed by atoms with E-state index in [0.717, 1.165) is 12.3 Å². The maximum absolute atomic E-state index is 12.9. The molecule has 0 heterocycles. The molecule has 1 amide bonds. The summed E-state index contributed by atoms with van der Waals surface area (Å²) < 4.78 is 34.8. The molecule has 1 aromatic rings. The van der Waals surface area contributed by atoms with Gasteiger partial charge in [0.2, 0.25) is 5.91 Å². The summed E-state index contributed by atoms with van der Waals surface area (Å²) in [7, 11) is -3.17. The van der Waals surface area contributed by atoms with Crippen LogP contribution in [0.25, 0.3) is 0 Å². The lowest BCUT2D eigenvalue weighted by Gasteiger charge is -2.12. The molecule has 8 heteroatoms. The minimum absolute atomic E-state index is 0.0135. The molecule has 5 nitrogen and oxygen atoms in total. The Kier molecular flexibility index (Phi) is 5.28. The van der Waals surface area contributed by atoms with Gasteiger partial charge in [0.25, 0.3) is 0 Å². The fourth-order valence-corrected chi connectivity index (χ4v) is 2.14. The Morgan fingerprint density at radius 3 is 2.68 bits per heavy atom. The number of amides is 1. The first-order valence-electron chi connectivity index (χ1n) is 5.38. The zero-order chi connectivity index (χ0) is 14.6. The SMILES string of the molecule is CS(=O)(=O)CCC(N)C(=O)Nc1ccc(F)c(Cl)c1. The van der Waals surface area contributed by atoms with Gasteiger partial charge in [-0.1, -0.05) is 11.6 Å². The molecule has 3 N–H and O–H groups in total. The first-order valence-corrected chi connectivity index (χ1v) is 7.82. The number of anilines is 1. The Hall–Kier alpha value is -1.18. The zero-order valence-electron chi connectivity index (χ0n) is 10.2. The monoisotopic (exact) mass is 308 g/mol. The number of rotatable bonds is 5. The van der Waals surface area contributed by atoms with Crippen molar-refractivity contribution in [2.45, 2.75) is 12.5 Å². The van der Waals surface area contributed by atoms with Crippen molar-refractivity contribution in [1.82, 2.24) is 0 Å². The van der Waals surface area contributed by atoms with Crippen molar-refractivity contribution in [2.24, 2.45) is 5.73 Å². The Morgan fingerprint density at radius 2 is 2.16 bits per heavy atom. The number of nitrogens with two attached hydrogens (primary N) is 1. The van der Waals surface area contributed by atoms with Crippen molar-refractivity contribution in [3.63, 3.8) is 0 Å². The smallest absolute Gasteiger partial charge is 0.241 e. The summed E-state index contributed by atoms with van der Waals surface area (Å²) in [5, 5.41) is 2.31. The van der Waals surface area contributed by atoms with E-state index in [-0.39, 0.29) is 17.2 Å². The van der Waals surface area contributed by atoms with Gasteiger partial charge in [0.1, 0.15) is 15.7 Å². The molecule has 0 spiro atoms. The Labute approximate surface area is 115 Å². The third-order valence-electron chi connectivity index (χ3n) is 2.32. The molecule has 0 aliphatic rings. The molecule has 0 fully saturated rings. The van der Waals surface area contributed by atoms with Gasteiger partial charge in [-0.25, -0.2) is 12.8 Å². The van der Waals surface area contributed by atoms with Crippen LogP contribution in [0.4, 0.5) is 10.1 Å². The van der Waals surface area contributed by atoms with Crippen LogP contribution in [0, 0.1) is 5.82 Å². The second kappa shape index (κ2) is 6.31. The number of nitrogens with one attached hydrogen (secondary N) is 1. The summed E-state index contributed by atoms with van der Waals surface area (Å²) in [6.45, 7) is 0. The largest absolute Gasteiger partial charge is 0.325 e. The summed E-state index contributed by atoms with van der Waals surface area (Å²) >= 11 is 5.56. The van der Waals surface area contributed by atoms with E-state index in [2.05, 4.69) is 5.32 Å². The van der Waals surface area contributed by atoms with Gasteiger partial charge < -0.3 is 11.1 Å². The third-order valence-corrected chi connectivity index (χ3v) is 3.59. The lowest BCUT2D eigenvalue weighted by molar-refractivity contribution is -0.117. The van der Waals surface area contributed by atoms with Crippen LogP contribution in [-0.4, -0.2) is 32.4 Å². The van der Waals surface area contributed by atoms with Gasteiger partial charge in [-0.3, -0.25) is 4.79 Å². The van der Waals surface area contributed by atoms with E-state index in [4.69, 9.17) is 17.3 Å². The fraction of sp³-hybridized carbons (Fsp3) is 0.364. The van der Waals surface area contributed by atoms with Crippen LogP contribution in [0.2, 0.25) is 5.02 Å². The standard InChI is InChI=1S/C11H14ClFN2O3S/c1-19(17,18)5-4-10(14)11(16)15-7-2-3-9(13)8(12)6-7/h2-3,6,10H,4-5,14H2,1H3,(H,15,16). The number of carbonyl (C=O) groups excluding carboxylic acids is 1. The van der Waals surface area contributed by atoms with Crippen molar-refractivity contribution >= 4 is 33.0 Å². The van der Waals surface area contributed by atoms with Gasteiger partial charge in [-0.15, -0.1) is 0 Å². The molecular formula is C11H14ClFN2O3S. The molecule has 106 valence electrons. The molecule has 0 aliphatic carbocycles. The first-order chi connectivity index (χ1) is 8.69. The minimum Gasteiger partial charge on any atom is -0.325 e. The van der Waals surface area contributed by atoms with Crippen molar-refractivity contribution in [2.75, 3.05) is 17.3 Å². The molecule has 0 saturated carbocycles. The van der Waals surface area contributed by atoms with Crippen LogP contribution in [0.5, 0.6) is 0 Å². The maximum atomic E-state index is 12.9. The molecule has 1 aromatic carbocycles. The van der Waals surface area contributed by atoms with Crippen LogP contribution in [0.15, 0.2) is 18.2 Å². The number of sulfone groups is 1. The minimum atomic E-state index is -3.17. The summed E-state index contributed by atoms with van der Waals surface area (Å²) in [4.78, 5) is 11.7. The number of carbonyl (C=O) groups is 1. The maximum Gasteiger partial charge on any atom is 0.241 e.